The largest absolute Gasteiger partial charge is 0.327 e. The van der Waals surface area contributed by atoms with Gasteiger partial charge in [-0.15, -0.1) is 0 Å². The van der Waals surface area contributed by atoms with E-state index < -0.39 is 21.2 Å². The maximum atomic E-state index is 11.4. The summed E-state index contributed by atoms with van der Waals surface area (Å²) in [6.45, 7) is 8.74. The maximum absolute atomic E-state index is 11.4. The maximum Gasteiger partial charge on any atom is 0.237 e. The summed E-state index contributed by atoms with van der Waals surface area (Å²) in [6, 6.07) is -0.366. The molecule has 0 bridgehead atoms. The van der Waals surface area contributed by atoms with E-state index in [2.05, 4.69) is 0 Å². The van der Waals surface area contributed by atoms with Gasteiger partial charge >= 0.3 is 0 Å². The molecule has 16 heavy (non-hydrogen) atoms. The Morgan fingerprint density at radius 2 is 1.75 bits per heavy atom. The Morgan fingerprint density at radius 1 is 1.31 bits per heavy atom. The van der Waals surface area contributed by atoms with E-state index >= 15 is 0 Å². The molecule has 0 aromatic rings. The fourth-order valence-electron chi connectivity index (χ4n) is 0.824. The van der Waals surface area contributed by atoms with Crippen molar-refractivity contribution in [2.75, 3.05) is 0 Å². The van der Waals surface area contributed by atoms with Gasteiger partial charge in [-0.1, -0.05) is 20.8 Å². The number of sulfonamides is 1. The Hall–Kier alpha value is -0.620. The lowest BCUT2D eigenvalue weighted by molar-refractivity contribution is -0.120. The highest BCUT2D eigenvalue weighted by molar-refractivity contribution is 7.90. The zero-order chi connectivity index (χ0) is 13.1. The summed E-state index contributed by atoms with van der Waals surface area (Å²) >= 11 is 0. The van der Waals surface area contributed by atoms with Crippen LogP contribution < -0.4 is 10.5 Å². The van der Waals surface area contributed by atoms with E-state index in [9.17, 15) is 13.2 Å². The SMILES string of the molecule is CC(C)S(=O)(=O)NC(=O)CC(N)C(C)(C)C. The minimum atomic E-state index is -3.54. The molecule has 96 valence electrons. The molecule has 0 saturated heterocycles. The van der Waals surface area contributed by atoms with Crippen LogP contribution in [-0.4, -0.2) is 25.6 Å². The van der Waals surface area contributed by atoms with Crippen molar-refractivity contribution in [3.8, 4) is 0 Å². The molecule has 0 aliphatic carbocycles. The summed E-state index contributed by atoms with van der Waals surface area (Å²) in [7, 11) is -3.54. The number of carbonyl (C=O) groups is 1. The number of hydrogen-bond donors (Lipinski definition) is 2. The van der Waals surface area contributed by atoms with Crippen LogP contribution in [0.4, 0.5) is 0 Å². The Kier molecular flexibility index (Phi) is 4.94. The predicted molar refractivity (Wildman–Crippen MR) is 64.2 cm³/mol. The van der Waals surface area contributed by atoms with Gasteiger partial charge in [0, 0.05) is 12.5 Å². The molecule has 0 aliphatic rings. The summed E-state index contributed by atoms with van der Waals surface area (Å²) in [5, 5.41) is -0.623. The van der Waals surface area contributed by atoms with Crippen molar-refractivity contribution < 1.29 is 13.2 Å². The Balaban J connectivity index is 4.43. The molecule has 3 N–H and O–H groups in total. The first-order valence-corrected chi connectivity index (χ1v) is 6.81. The van der Waals surface area contributed by atoms with Crippen LogP contribution in [0.25, 0.3) is 0 Å². The number of nitrogens with one attached hydrogen (secondary N) is 1. The summed E-state index contributed by atoms with van der Waals surface area (Å²) < 4.78 is 24.8. The van der Waals surface area contributed by atoms with E-state index in [1.54, 1.807) is 0 Å². The average Bonchev–Trinajstić information content (AvgIpc) is 2.00. The van der Waals surface area contributed by atoms with Crippen LogP contribution in [0.1, 0.15) is 41.0 Å². The molecule has 0 radical (unpaired) electrons. The van der Waals surface area contributed by atoms with Crippen molar-refractivity contribution in [3.05, 3.63) is 0 Å². The molecule has 0 aromatic carbocycles. The van der Waals surface area contributed by atoms with E-state index in [-0.39, 0.29) is 17.9 Å². The first-order valence-electron chi connectivity index (χ1n) is 5.27. The minimum Gasteiger partial charge on any atom is -0.327 e. The quantitative estimate of drug-likeness (QED) is 0.764. The topological polar surface area (TPSA) is 89.3 Å². The zero-order valence-corrected chi connectivity index (χ0v) is 11.4. The molecule has 0 spiro atoms. The average molecular weight is 250 g/mol. The molecule has 0 heterocycles. The standard InChI is InChI=1S/C10H22N2O3S/c1-7(2)16(14,15)12-9(13)6-8(11)10(3,4)5/h7-8H,6,11H2,1-5H3,(H,12,13). The van der Waals surface area contributed by atoms with Crippen LogP contribution in [0.15, 0.2) is 0 Å². The van der Waals surface area contributed by atoms with Gasteiger partial charge in [0.15, 0.2) is 0 Å². The molecule has 1 atom stereocenters. The van der Waals surface area contributed by atoms with Crippen LogP contribution >= 0.6 is 0 Å². The van der Waals surface area contributed by atoms with Crippen LogP contribution in [-0.2, 0) is 14.8 Å². The van der Waals surface area contributed by atoms with Gasteiger partial charge in [-0.3, -0.25) is 9.52 Å². The van der Waals surface area contributed by atoms with Crippen LogP contribution in [0.2, 0.25) is 0 Å². The molecule has 0 saturated carbocycles. The molecule has 1 amide bonds. The zero-order valence-electron chi connectivity index (χ0n) is 10.6. The van der Waals surface area contributed by atoms with Gasteiger partial charge in [-0.2, -0.15) is 0 Å². The van der Waals surface area contributed by atoms with Crippen LogP contribution in [0.5, 0.6) is 0 Å². The van der Waals surface area contributed by atoms with Crippen molar-refractivity contribution in [1.82, 2.24) is 4.72 Å². The third kappa shape index (κ3) is 4.94. The van der Waals surface area contributed by atoms with Gasteiger partial charge in [0.25, 0.3) is 0 Å². The summed E-state index contributed by atoms with van der Waals surface area (Å²) in [6.07, 6.45) is 0.00937. The van der Waals surface area contributed by atoms with Gasteiger partial charge in [-0.05, 0) is 19.3 Å². The molecular weight excluding hydrogens is 228 g/mol. The van der Waals surface area contributed by atoms with E-state index in [1.807, 2.05) is 25.5 Å². The van der Waals surface area contributed by atoms with Crippen molar-refractivity contribution in [2.45, 2.75) is 52.3 Å². The first-order chi connectivity index (χ1) is 6.97. The Morgan fingerprint density at radius 3 is 2.06 bits per heavy atom. The second-order valence-corrected chi connectivity index (χ2v) is 7.53. The summed E-state index contributed by atoms with van der Waals surface area (Å²) in [5.41, 5.74) is 5.57. The van der Waals surface area contributed by atoms with Gasteiger partial charge in [-0.25, -0.2) is 8.42 Å². The fourth-order valence-corrected chi connectivity index (χ4v) is 1.46. The van der Waals surface area contributed by atoms with Crippen molar-refractivity contribution in [1.29, 1.82) is 0 Å². The molecule has 0 fully saturated rings. The van der Waals surface area contributed by atoms with E-state index in [4.69, 9.17) is 5.73 Å². The van der Waals surface area contributed by atoms with E-state index in [1.165, 1.54) is 13.8 Å². The van der Waals surface area contributed by atoms with E-state index in [0.29, 0.717) is 0 Å². The fraction of sp³-hybridized carbons (Fsp3) is 0.900. The third-order valence-corrected chi connectivity index (χ3v) is 4.15. The lowest BCUT2D eigenvalue weighted by atomic mass is 9.85. The number of amides is 1. The molecule has 0 aliphatic heterocycles. The molecule has 6 heteroatoms. The van der Waals surface area contributed by atoms with Gasteiger partial charge < -0.3 is 5.73 Å². The number of hydrogen-bond acceptors (Lipinski definition) is 4. The molecular formula is C10H22N2O3S. The highest BCUT2D eigenvalue weighted by Gasteiger charge is 2.26. The smallest absolute Gasteiger partial charge is 0.237 e. The Labute approximate surface area is 97.8 Å². The van der Waals surface area contributed by atoms with Crippen LogP contribution in [0.3, 0.4) is 0 Å². The van der Waals surface area contributed by atoms with Gasteiger partial charge in [0.05, 0.1) is 5.25 Å². The van der Waals surface area contributed by atoms with Crippen molar-refractivity contribution in [3.63, 3.8) is 0 Å². The van der Waals surface area contributed by atoms with Crippen molar-refractivity contribution in [2.24, 2.45) is 11.1 Å². The minimum absolute atomic E-state index is 0.00937. The van der Waals surface area contributed by atoms with Gasteiger partial charge in [0.2, 0.25) is 15.9 Å². The van der Waals surface area contributed by atoms with E-state index in [0.717, 1.165) is 0 Å². The number of rotatable bonds is 4. The Bertz CT molecular complexity index is 342. The number of nitrogens with two attached hydrogens (primary N) is 1. The monoisotopic (exact) mass is 250 g/mol. The molecule has 5 nitrogen and oxygen atoms in total. The predicted octanol–water partition coefficient (Wildman–Crippen LogP) is 0.604. The molecule has 1 unspecified atom stereocenters. The van der Waals surface area contributed by atoms with Gasteiger partial charge in [0.1, 0.15) is 0 Å². The van der Waals surface area contributed by atoms with Crippen molar-refractivity contribution >= 4 is 15.9 Å². The normalized spacial score (nSPS) is 14.9. The number of carbonyl (C=O) groups excluding carboxylic acids is 1. The third-order valence-electron chi connectivity index (χ3n) is 2.39. The van der Waals surface area contributed by atoms with Crippen LogP contribution in [0, 0.1) is 5.41 Å². The second-order valence-electron chi connectivity index (χ2n) is 5.30. The summed E-state index contributed by atoms with van der Waals surface area (Å²) in [5.74, 6) is -0.545. The highest BCUT2D eigenvalue weighted by atomic mass is 32.2. The lowest BCUT2D eigenvalue weighted by Crippen LogP contribution is -2.43. The lowest BCUT2D eigenvalue weighted by Gasteiger charge is -2.26. The first kappa shape index (κ1) is 15.4. The summed E-state index contributed by atoms with van der Waals surface area (Å²) in [4.78, 5) is 11.4. The second kappa shape index (κ2) is 5.14. The molecule has 0 rings (SSSR count). The molecule has 0 aromatic heterocycles. The highest BCUT2D eigenvalue weighted by Crippen LogP contribution is 2.19.